The third kappa shape index (κ3) is 6.79. The monoisotopic (exact) mass is 422 g/mol. The summed E-state index contributed by atoms with van der Waals surface area (Å²) in [5.41, 5.74) is 6.70. The van der Waals surface area contributed by atoms with Crippen LogP contribution in [0.4, 0.5) is 10.1 Å². The number of likely N-dealkylation sites (N-methyl/N-ethyl adjacent to an activating group) is 1. The number of amides is 1. The Hall–Kier alpha value is -1.08. The number of benzene rings is 1. The van der Waals surface area contributed by atoms with Crippen LogP contribution >= 0.6 is 24.8 Å². The maximum absolute atomic E-state index is 14.5. The molecule has 1 amide bonds. The highest BCUT2D eigenvalue weighted by Crippen LogP contribution is 2.22. The molecule has 2 rings (SSSR count). The van der Waals surface area contributed by atoms with E-state index in [2.05, 4.69) is 17.1 Å². The largest absolute Gasteiger partial charge is 0.367 e. The summed E-state index contributed by atoms with van der Waals surface area (Å²) in [5, 5.41) is 2.83. The number of nitrogens with two attached hydrogens (primary N) is 1. The van der Waals surface area contributed by atoms with Crippen molar-refractivity contribution in [1.29, 1.82) is 0 Å². The van der Waals surface area contributed by atoms with Gasteiger partial charge in [0.1, 0.15) is 5.82 Å². The Bertz CT molecular complexity index is 591. The van der Waals surface area contributed by atoms with Crippen molar-refractivity contribution in [3.8, 4) is 0 Å². The Morgan fingerprint density at radius 2 is 1.74 bits per heavy atom. The molecule has 0 aromatic heterocycles. The van der Waals surface area contributed by atoms with Gasteiger partial charge in [0.05, 0.1) is 5.69 Å². The molecule has 0 aliphatic carbocycles. The first kappa shape index (κ1) is 25.9. The van der Waals surface area contributed by atoms with Gasteiger partial charge in [0.25, 0.3) is 5.91 Å². The van der Waals surface area contributed by atoms with Crippen molar-refractivity contribution in [3.05, 3.63) is 29.6 Å². The molecule has 0 atom stereocenters. The number of hydrogen-bond donors (Lipinski definition) is 2. The molecule has 1 heterocycles. The third-order valence-corrected chi connectivity index (χ3v) is 5.38. The Labute approximate surface area is 174 Å². The van der Waals surface area contributed by atoms with E-state index in [9.17, 15) is 9.18 Å². The fourth-order valence-corrected chi connectivity index (χ4v) is 3.07. The molecule has 0 spiro atoms. The van der Waals surface area contributed by atoms with E-state index in [1.807, 2.05) is 18.7 Å². The molecular weight excluding hydrogens is 390 g/mol. The highest BCUT2D eigenvalue weighted by molar-refractivity contribution is 5.94. The normalized spacial score (nSPS) is 14.9. The van der Waals surface area contributed by atoms with Crippen LogP contribution < -0.4 is 16.0 Å². The number of rotatable bonds is 7. The van der Waals surface area contributed by atoms with Crippen LogP contribution in [0, 0.1) is 5.82 Å². The first-order valence-electron chi connectivity index (χ1n) is 9.26. The summed E-state index contributed by atoms with van der Waals surface area (Å²) in [6.45, 7) is 11.0. The number of carbonyl (C=O) groups is 1. The first-order valence-corrected chi connectivity index (χ1v) is 9.26. The van der Waals surface area contributed by atoms with Gasteiger partial charge in [-0.15, -0.1) is 24.8 Å². The standard InChI is InChI=1S/C19H31FN4O.2ClH/c1-4-19(21,5-2)14-22-18(25)15-7-8-17(16(20)13-15)24-11-9-23(6-3)10-12-24;;/h7-8,13H,4-6,9-12,14,21H2,1-3H3,(H,22,25);2*1H. The topological polar surface area (TPSA) is 61.6 Å². The number of nitrogens with one attached hydrogen (secondary N) is 1. The van der Waals surface area contributed by atoms with Gasteiger partial charge in [-0.05, 0) is 37.6 Å². The molecule has 8 heteroatoms. The zero-order chi connectivity index (χ0) is 18.4. The Morgan fingerprint density at radius 3 is 2.22 bits per heavy atom. The second-order valence-corrected chi connectivity index (χ2v) is 6.84. The molecule has 3 N–H and O–H groups in total. The van der Waals surface area contributed by atoms with Crippen molar-refractivity contribution in [2.24, 2.45) is 5.73 Å². The minimum Gasteiger partial charge on any atom is -0.367 e. The van der Waals surface area contributed by atoms with Crippen LogP contribution in [0.25, 0.3) is 0 Å². The average Bonchev–Trinajstić information content (AvgIpc) is 2.66. The molecule has 1 aliphatic heterocycles. The molecular formula is C19H33Cl2FN4O. The second-order valence-electron chi connectivity index (χ2n) is 6.84. The van der Waals surface area contributed by atoms with Crippen molar-refractivity contribution in [2.75, 3.05) is 44.2 Å². The average molecular weight is 423 g/mol. The van der Waals surface area contributed by atoms with Crippen molar-refractivity contribution < 1.29 is 9.18 Å². The Kier molecular flexibility index (Phi) is 11.2. The van der Waals surface area contributed by atoms with Gasteiger partial charge in [0.2, 0.25) is 0 Å². The van der Waals surface area contributed by atoms with E-state index in [1.54, 1.807) is 12.1 Å². The van der Waals surface area contributed by atoms with Gasteiger partial charge >= 0.3 is 0 Å². The lowest BCUT2D eigenvalue weighted by Crippen LogP contribution is -2.49. The molecule has 0 unspecified atom stereocenters. The highest BCUT2D eigenvalue weighted by Gasteiger charge is 2.22. The Morgan fingerprint density at radius 1 is 1.15 bits per heavy atom. The van der Waals surface area contributed by atoms with E-state index in [1.165, 1.54) is 6.07 Å². The maximum atomic E-state index is 14.5. The van der Waals surface area contributed by atoms with Crippen molar-refractivity contribution in [2.45, 2.75) is 39.2 Å². The number of halogens is 3. The van der Waals surface area contributed by atoms with E-state index in [0.29, 0.717) is 17.8 Å². The fourth-order valence-electron chi connectivity index (χ4n) is 3.07. The molecule has 1 fully saturated rings. The summed E-state index contributed by atoms with van der Waals surface area (Å²) in [4.78, 5) is 16.7. The number of nitrogens with zero attached hydrogens (tertiary/aromatic N) is 2. The summed E-state index contributed by atoms with van der Waals surface area (Å²) in [5.74, 6) is -0.624. The predicted molar refractivity (Wildman–Crippen MR) is 115 cm³/mol. The zero-order valence-electron chi connectivity index (χ0n) is 16.5. The van der Waals surface area contributed by atoms with E-state index in [4.69, 9.17) is 5.73 Å². The van der Waals surface area contributed by atoms with Crippen LogP contribution in [-0.2, 0) is 0 Å². The molecule has 0 radical (unpaired) electrons. The summed E-state index contributed by atoms with van der Waals surface area (Å²) < 4.78 is 14.5. The van der Waals surface area contributed by atoms with Crippen LogP contribution in [0.3, 0.4) is 0 Å². The fraction of sp³-hybridized carbons (Fsp3) is 0.632. The van der Waals surface area contributed by atoms with Crippen LogP contribution in [0.1, 0.15) is 44.0 Å². The SMILES string of the molecule is CCN1CCN(c2ccc(C(=O)NCC(N)(CC)CC)cc2F)CC1.Cl.Cl. The molecule has 27 heavy (non-hydrogen) atoms. The van der Waals surface area contributed by atoms with Crippen molar-refractivity contribution in [1.82, 2.24) is 10.2 Å². The first-order chi connectivity index (χ1) is 11.9. The molecule has 1 saturated heterocycles. The van der Waals surface area contributed by atoms with Gasteiger partial charge < -0.3 is 20.9 Å². The summed E-state index contributed by atoms with van der Waals surface area (Å²) >= 11 is 0. The van der Waals surface area contributed by atoms with Crippen molar-refractivity contribution >= 4 is 36.4 Å². The van der Waals surface area contributed by atoms with E-state index < -0.39 is 5.54 Å². The highest BCUT2D eigenvalue weighted by atomic mass is 35.5. The zero-order valence-corrected chi connectivity index (χ0v) is 18.1. The maximum Gasteiger partial charge on any atom is 0.251 e. The van der Waals surface area contributed by atoms with Gasteiger partial charge in [-0.3, -0.25) is 4.79 Å². The predicted octanol–water partition coefficient (Wildman–Crippen LogP) is 3.06. The molecule has 156 valence electrons. The van der Waals surface area contributed by atoms with Crippen LogP contribution in [0.15, 0.2) is 18.2 Å². The van der Waals surface area contributed by atoms with E-state index in [0.717, 1.165) is 45.6 Å². The molecule has 5 nitrogen and oxygen atoms in total. The van der Waals surface area contributed by atoms with Gasteiger partial charge in [0, 0.05) is 43.8 Å². The smallest absolute Gasteiger partial charge is 0.251 e. The quantitative estimate of drug-likeness (QED) is 0.708. The lowest BCUT2D eigenvalue weighted by atomic mass is 9.94. The lowest BCUT2D eigenvalue weighted by Gasteiger charge is -2.35. The molecule has 0 bridgehead atoms. The summed E-state index contributed by atoms with van der Waals surface area (Å²) in [7, 11) is 0. The number of hydrogen-bond acceptors (Lipinski definition) is 4. The molecule has 1 aliphatic rings. The van der Waals surface area contributed by atoms with Crippen LogP contribution in [0.5, 0.6) is 0 Å². The van der Waals surface area contributed by atoms with Gasteiger partial charge in [-0.25, -0.2) is 4.39 Å². The second kappa shape index (κ2) is 11.7. The lowest BCUT2D eigenvalue weighted by molar-refractivity contribution is 0.0941. The van der Waals surface area contributed by atoms with Crippen molar-refractivity contribution in [3.63, 3.8) is 0 Å². The molecule has 1 aromatic carbocycles. The number of carbonyl (C=O) groups excluding carboxylic acids is 1. The third-order valence-electron chi connectivity index (χ3n) is 5.38. The van der Waals surface area contributed by atoms with Crippen LogP contribution in [-0.4, -0.2) is 55.6 Å². The van der Waals surface area contributed by atoms with Crippen LogP contribution in [0.2, 0.25) is 0 Å². The minimum atomic E-state index is -0.410. The van der Waals surface area contributed by atoms with Gasteiger partial charge in [0.15, 0.2) is 0 Å². The summed E-state index contributed by atoms with van der Waals surface area (Å²) in [6.07, 6.45) is 1.56. The van der Waals surface area contributed by atoms with E-state index >= 15 is 0 Å². The van der Waals surface area contributed by atoms with Gasteiger partial charge in [-0.2, -0.15) is 0 Å². The Balaban J connectivity index is 0.00000338. The molecule has 0 saturated carbocycles. The summed E-state index contributed by atoms with van der Waals surface area (Å²) in [6, 6.07) is 4.73. The van der Waals surface area contributed by atoms with E-state index in [-0.39, 0.29) is 36.5 Å². The number of piperazine rings is 1. The minimum absolute atomic E-state index is 0. The molecule has 1 aromatic rings. The number of anilines is 1. The van der Waals surface area contributed by atoms with Gasteiger partial charge in [-0.1, -0.05) is 20.8 Å².